The maximum absolute atomic E-state index is 2.89. The van der Waals surface area contributed by atoms with Gasteiger partial charge in [-0.05, 0) is 0 Å². The van der Waals surface area contributed by atoms with E-state index in [-0.39, 0.29) is 48.4 Å². The van der Waals surface area contributed by atoms with Crippen LogP contribution >= 0.6 is 0 Å². The topological polar surface area (TPSA) is 0 Å². The molecule has 0 heterocycles. The molecule has 0 N–H and O–H groups in total. The van der Waals surface area contributed by atoms with Gasteiger partial charge in [0.1, 0.15) is 0 Å². The molecular weight excluding hydrogens is 174 g/mol. The molecule has 0 atom stereocenters. The average molecular weight is 184 g/mol. The molecule has 0 aliphatic heterocycles. The first-order chi connectivity index (χ1) is 6.00. The molecule has 0 unspecified atom stereocenters. The molecule has 0 radical (unpaired) electrons. The van der Waals surface area contributed by atoms with E-state index in [4.69, 9.17) is 0 Å². The smallest absolute Gasteiger partial charge is 0.184 e. The van der Waals surface area contributed by atoms with Crippen molar-refractivity contribution in [1.82, 2.24) is 0 Å². The molecule has 0 fully saturated rings. The summed E-state index contributed by atoms with van der Waals surface area (Å²) in [7, 11) is 0. The van der Waals surface area contributed by atoms with Crippen LogP contribution in [-0.4, -0.2) is 0 Å². The third kappa shape index (κ3) is 10.1. The molecule has 0 aromatic heterocycles. The van der Waals surface area contributed by atoms with E-state index < -0.39 is 0 Å². The van der Waals surface area contributed by atoms with Gasteiger partial charge in [0.05, 0.1) is 0 Å². The van der Waals surface area contributed by atoms with E-state index in [0.717, 1.165) is 0 Å². The van der Waals surface area contributed by atoms with Crippen LogP contribution in [0.2, 0.25) is 0 Å². The summed E-state index contributed by atoms with van der Waals surface area (Å²) in [4.78, 5) is 0. The summed E-state index contributed by atoms with van der Waals surface area (Å²) in [6, 6.07) is 25.0. The second kappa shape index (κ2) is 13.0. The molecule has 0 nitrogen and oxygen atoms in total. The van der Waals surface area contributed by atoms with Gasteiger partial charge in [-0.15, -0.1) is 0 Å². The molecular formula is C12H10LiNa. The molecule has 0 saturated carbocycles. The van der Waals surface area contributed by atoms with Gasteiger partial charge in [0.25, 0.3) is 0 Å². The van der Waals surface area contributed by atoms with Gasteiger partial charge in [-0.2, -0.15) is 72.8 Å². The molecule has 2 aromatic rings. The minimum atomic E-state index is 0. The Bertz CT molecular complexity index is 186. The summed E-state index contributed by atoms with van der Waals surface area (Å²) in [5, 5.41) is 0. The Labute approximate surface area is 120 Å². The third-order valence-electron chi connectivity index (χ3n) is 1.21. The van der Waals surface area contributed by atoms with Crippen LogP contribution in [0.4, 0.5) is 0 Å². The zero-order valence-electron chi connectivity index (χ0n) is 8.77. The van der Waals surface area contributed by atoms with E-state index in [1.165, 1.54) is 0 Å². The van der Waals surface area contributed by atoms with Crippen molar-refractivity contribution >= 4 is 0 Å². The Morgan fingerprint density at radius 2 is 0.786 bits per heavy atom. The second-order valence-electron chi connectivity index (χ2n) is 2.15. The van der Waals surface area contributed by atoms with Crippen molar-refractivity contribution in [2.75, 3.05) is 0 Å². The van der Waals surface area contributed by atoms with Crippen molar-refractivity contribution in [1.29, 1.82) is 0 Å². The van der Waals surface area contributed by atoms with Crippen molar-refractivity contribution < 1.29 is 48.4 Å². The van der Waals surface area contributed by atoms with E-state index in [1.54, 1.807) is 0 Å². The van der Waals surface area contributed by atoms with Crippen LogP contribution in [0.25, 0.3) is 0 Å². The first-order valence-electron chi connectivity index (χ1n) is 3.82. The molecule has 0 bridgehead atoms. The third-order valence-corrected chi connectivity index (χ3v) is 1.21. The quantitative estimate of drug-likeness (QED) is 0.302. The van der Waals surface area contributed by atoms with Gasteiger partial charge in [0, 0.05) is 0 Å². The molecule has 0 saturated heterocycles. The first-order valence-corrected chi connectivity index (χ1v) is 3.82. The van der Waals surface area contributed by atoms with Crippen LogP contribution in [0, 0.1) is 12.1 Å². The molecule has 2 aromatic carbocycles. The van der Waals surface area contributed by atoms with Gasteiger partial charge in [0.2, 0.25) is 0 Å². The monoisotopic (exact) mass is 184 g/mol. The number of hydrogen-bond donors (Lipinski definition) is 0. The number of rotatable bonds is 0. The molecule has 0 aliphatic rings. The Balaban J connectivity index is 0. The fourth-order valence-corrected chi connectivity index (χ4v) is 0.684. The standard InChI is InChI=1S/2C6H5.Li.Na/c2*1-2-4-6-5-3-1;;/h2*1-5H;;/q2*-1;2*+1. The van der Waals surface area contributed by atoms with Crippen LogP contribution in [0.15, 0.2) is 60.7 Å². The number of benzene rings is 2. The summed E-state index contributed by atoms with van der Waals surface area (Å²) < 4.78 is 0. The summed E-state index contributed by atoms with van der Waals surface area (Å²) in [6.07, 6.45) is 0. The normalized spacial score (nSPS) is 6.86. The molecule has 60 valence electrons. The van der Waals surface area contributed by atoms with Crippen LogP contribution in [-0.2, 0) is 0 Å². The Kier molecular flexibility index (Phi) is 15.3. The molecule has 0 spiro atoms. The minimum Gasteiger partial charge on any atom is -0.184 e. The average Bonchev–Trinajstić information content (AvgIpc) is 2.24. The summed E-state index contributed by atoms with van der Waals surface area (Å²) in [5.41, 5.74) is 0. The van der Waals surface area contributed by atoms with Gasteiger partial charge in [-0.25, -0.2) is 0 Å². The van der Waals surface area contributed by atoms with Crippen LogP contribution < -0.4 is 48.4 Å². The van der Waals surface area contributed by atoms with Gasteiger partial charge in [-0.3, -0.25) is 0 Å². The first kappa shape index (κ1) is 16.5. The van der Waals surface area contributed by atoms with E-state index in [1.807, 2.05) is 60.7 Å². The van der Waals surface area contributed by atoms with E-state index in [2.05, 4.69) is 12.1 Å². The number of hydrogen-bond acceptors (Lipinski definition) is 0. The van der Waals surface area contributed by atoms with Crippen molar-refractivity contribution in [2.45, 2.75) is 0 Å². The molecule has 2 heteroatoms. The fraction of sp³-hybridized carbons (Fsp3) is 0. The van der Waals surface area contributed by atoms with Crippen molar-refractivity contribution in [3.8, 4) is 0 Å². The molecule has 0 aliphatic carbocycles. The maximum Gasteiger partial charge on any atom is 1.00 e. The molecule has 2 rings (SSSR count). The second-order valence-corrected chi connectivity index (χ2v) is 2.15. The van der Waals surface area contributed by atoms with Crippen molar-refractivity contribution in [3.05, 3.63) is 72.8 Å². The SMILES string of the molecule is [Li+].[Na+].[c-]1ccccc1.[c-]1ccccc1. The predicted molar refractivity (Wildman–Crippen MR) is 50.6 cm³/mol. The van der Waals surface area contributed by atoms with Gasteiger partial charge in [0.15, 0.2) is 0 Å². The van der Waals surface area contributed by atoms with Crippen LogP contribution in [0.3, 0.4) is 0 Å². The van der Waals surface area contributed by atoms with Crippen molar-refractivity contribution in [2.24, 2.45) is 0 Å². The van der Waals surface area contributed by atoms with Gasteiger partial charge >= 0.3 is 48.4 Å². The molecule has 0 amide bonds. The zero-order valence-corrected chi connectivity index (χ0v) is 10.8. The maximum atomic E-state index is 2.89. The minimum absolute atomic E-state index is 0. The largest absolute Gasteiger partial charge is 1.00 e. The summed E-state index contributed by atoms with van der Waals surface area (Å²) in [6.45, 7) is 0. The molecule has 14 heavy (non-hydrogen) atoms. The summed E-state index contributed by atoms with van der Waals surface area (Å²) in [5.74, 6) is 0. The fourth-order valence-electron chi connectivity index (χ4n) is 0.684. The van der Waals surface area contributed by atoms with Gasteiger partial charge in [-0.1, -0.05) is 0 Å². The van der Waals surface area contributed by atoms with E-state index >= 15 is 0 Å². The van der Waals surface area contributed by atoms with E-state index in [0.29, 0.717) is 0 Å². The van der Waals surface area contributed by atoms with Crippen LogP contribution in [0.1, 0.15) is 0 Å². The van der Waals surface area contributed by atoms with Crippen LogP contribution in [0.5, 0.6) is 0 Å². The Hall–Kier alpha value is 0.0374. The Morgan fingerprint density at radius 1 is 0.500 bits per heavy atom. The Morgan fingerprint density at radius 3 is 0.857 bits per heavy atom. The summed E-state index contributed by atoms with van der Waals surface area (Å²) >= 11 is 0. The van der Waals surface area contributed by atoms with Gasteiger partial charge < -0.3 is 0 Å². The van der Waals surface area contributed by atoms with Crippen molar-refractivity contribution in [3.63, 3.8) is 0 Å². The zero-order chi connectivity index (χ0) is 8.49. The van der Waals surface area contributed by atoms with E-state index in [9.17, 15) is 0 Å². The predicted octanol–water partition coefficient (Wildman–Crippen LogP) is -3.02.